The highest BCUT2D eigenvalue weighted by Crippen LogP contribution is 2.29. The second-order valence-corrected chi connectivity index (χ2v) is 6.41. The number of hydrogen-bond acceptors (Lipinski definition) is 2. The molecule has 4 nitrogen and oxygen atoms in total. The monoisotopic (exact) mass is 384 g/mol. The Morgan fingerprint density at radius 2 is 1.83 bits per heavy atom. The Hall–Kier alpha value is -1.75. The van der Waals surface area contributed by atoms with Crippen LogP contribution in [0.3, 0.4) is 0 Å². The van der Waals surface area contributed by atoms with Crippen molar-refractivity contribution >= 4 is 58.0 Å². The number of amides is 2. The number of carbonyl (C=O) groups excluding carboxylic acids is 2. The lowest BCUT2D eigenvalue weighted by Gasteiger charge is -2.23. The summed E-state index contributed by atoms with van der Waals surface area (Å²) in [6.07, 6.45) is 0. The standard InChI is InChI=1S/C17H15Cl3N2O2/c1-10-8-12(18)6-7-15(10)22(11(2)23)9-16(24)21-14-5-3-4-13(19)17(14)20/h3-8H,9H2,1-2H3,(H,21,24). The molecular weight excluding hydrogens is 371 g/mol. The topological polar surface area (TPSA) is 49.4 Å². The third kappa shape index (κ3) is 4.41. The summed E-state index contributed by atoms with van der Waals surface area (Å²) in [5.41, 5.74) is 1.82. The highest BCUT2D eigenvalue weighted by atomic mass is 35.5. The highest BCUT2D eigenvalue weighted by molar-refractivity contribution is 6.44. The predicted octanol–water partition coefficient (Wildman–Crippen LogP) is 4.95. The van der Waals surface area contributed by atoms with E-state index >= 15 is 0 Å². The summed E-state index contributed by atoms with van der Waals surface area (Å²) in [6, 6.07) is 10.1. The summed E-state index contributed by atoms with van der Waals surface area (Å²) in [5.74, 6) is -0.642. The number of carbonyl (C=O) groups is 2. The van der Waals surface area contributed by atoms with Crippen molar-refractivity contribution < 1.29 is 9.59 Å². The molecule has 0 aromatic heterocycles. The Balaban J connectivity index is 2.20. The molecule has 2 rings (SSSR count). The summed E-state index contributed by atoms with van der Waals surface area (Å²) in [4.78, 5) is 25.6. The van der Waals surface area contributed by atoms with Crippen molar-refractivity contribution in [2.24, 2.45) is 0 Å². The van der Waals surface area contributed by atoms with Crippen molar-refractivity contribution in [1.29, 1.82) is 0 Å². The molecule has 0 bridgehead atoms. The van der Waals surface area contributed by atoms with Crippen molar-refractivity contribution in [3.05, 3.63) is 57.0 Å². The minimum Gasteiger partial charge on any atom is -0.323 e. The molecule has 1 N–H and O–H groups in total. The van der Waals surface area contributed by atoms with Crippen molar-refractivity contribution in [3.63, 3.8) is 0 Å². The highest BCUT2D eigenvalue weighted by Gasteiger charge is 2.18. The number of nitrogens with one attached hydrogen (secondary N) is 1. The first-order valence-electron chi connectivity index (χ1n) is 7.07. The summed E-state index contributed by atoms with van der Waals surface area (Å²) in [5, 5.41) is 3.82. The lowest BCUT2D eigenvalue weighted by molar-refractivity contribution is -0.120. The zero-order valence-electron chi connectivity index (χ0n) is 13.1. The fraction of sp³-hybridized carbons (Fsp3) is 0.176. The number of aryl methyl sites for hydroxylation is 1. The molecule has 0 radical (unpaired) electrons. The van der Waals surface area contributed by atoms with Gasteiger partial charge in [0.05, 0.1) is 15.7 Å². The first-order valence-corrected chi connectivity index (χ1v) is 8.21. The van der Waals surface area contributed by atoms with Gasteiger partial charge < -0.3 is 10.2 Å². The Morgan fingerprint density at radius 1 is 1.12 bits per heavy atom. The van der Waals surface area contributed by atoms with E-state index in [2.05, 4.69) is 5.32 Å². The van der Waals surface area contributed by atoms with Crippen LogP contribution in [0.25, 0.3) is 0 Å². The molecule has 0 aliphatic carbocycles. The molecule has 0 saturated heterocycles. The van der Waals surface area contributed by atoms with Crippen LogP contribution in [0, 0.1) is 6.92 Å². The molecule has 24 heavy (non-hydrogen) atoms. The normalized spacial score (nSPS) is 10.4. The zero-order valence-corrected chi connectivity index (χ0v) is 15.3. The maximum absolute atomic E-state index is 12.3. The molecule has 0 atom stereocenters. The zero-order chi connectivity index (χ0) is 17.9. The largest absolute Gasteiger partial charge is 0.323 e. The molecule has 0 saturated carbocycles. The van der Waals surface area contributed by atoms with Crippen LogP contribution in [0.4, 0.5) is 11.4 Å². The summed E-state index contributed by atoms with van der Waals surface area (Å²) >= 11 is 17.9. The van der Waals surface area contributed by atoms with Crippen LogP contribution >= 0.6 is 34.8 Å². The van der Waals surface area contributed by atoms with Gasteiger partial charge in [-0.2, -0.15) is 0 Å². The Morgan fingerprint density at radius 3 is 2.46 bits per heavy atom. The lowest BCUT2D eigenvalue weighted by Crippen LogP contribution is -2.37. The number of nitrogens with zero attached hydrogens (tertiary/aromatic N) is 1. The van der Waals surface area contributed by atoms with E-state index in [9.17, 15) is 9.59 Å². The van der Waals surface area contributed by atoms with Gasteiger partial charge in [0.1, 0.15) is 6.54 Å². The fourth-order valence-electron chi connectivity index (χ4n) is 2.22. The molecule has 7 heteroatoms. The van der Waals surface area contributed by atoms with E-state index in [1.807, 2.05) is 6.92 Å². The Bertz CT molecular complexity index is 793. The first kappa shape index (κ1) is 18.6. The van der Waals surface area contributed by atoms with E-state index < -0.39 is 0 Å². The van der Waals surface area contributed by atoms with Crippen molar-refractivity contribution in [1.82, 2.24) is 0 Å². The number of rotatable bonds is 4. The summed E-state index contributed by atoms with van der Waals surface area (Å²) < 4.78 is 0. The quantitative estimate of drug-likeness (QED) is 0.810. The van der Waals surface area contributed by atoms with Crippen LogP contribution in [-0.2, 0) is 9.59 Å². The molecule has 2 amide bonds. The predicted molar refractivity (Wildman–Crippen MR) is 99.3 cm³/mol. The van der Waals surface area contributed by atoms with Crippen LogP contribution in [0.2, 0.25) is 15.1 Å². The minimum atomic E-state index is -0.385. The second-order valence-electron chi connectivity index (χ2n) is 5.19. The van der Waals surface area contributed by atoms with Gasteiger partial charge in [-0.1, -0.05) is 40.9 Å². The van der Waals surface area contributed by atoms with Gasteiger partial charge in [0.25, 0.3) is 0 Å². The summed E-state index contributed by atoms with van der Waals surface area (Å²) in [6.45, 7) is 3.07. The van der Waals surface area contributed by atoms with E-state index in [0.29, 0.717) is 21.4 Å². The average Bonchev–Trinajstić information content (AvgIpc) is 2.50. The van der Waals surface area contributed by atoms with Gasteiger partial charge in [0.2, 0.25) is 11.8 Å². The molecule has 2 aromatic carbocycles. The minimum absolute atomic E-state index is 0.152. The molecule has 2 aromatic rings. The smallest absolute Gasteiger partial charge is 0.244 e. The Kier molecular flexibility index (Phi) is 6.10. The molecule has 0 spiro atoms. The van der Waals surface area contributed by atoms with E-state index in [4.69, 9.17) is 34.8 Å². The van der Waals surface area contributed by atoms with Gasteiger partial charge >= 0.3 is 0 Å². The number of anilines is 2. The van der Waals surface area contributed by atoms with E-state index in [-0.39, 0.29) is 23.4 Å². The van der Waals surface area contributed by atoms with Crippen LogP contribution in [0.15, 0.2) is 36.4 Å². The van der Waals surface area contributed by atoms with E-state index in [0.717, 1.165) is 5.56 Å². The average molecular weight is 386 g/mol. The van der Waals surface area contributed by atoms with Gasteiger partial charge in [0.15, 0.2) is 0 Å². The summed E-state index contributed by atoms with van der Waals surface area (Å²) in [7, 11) is 0. The van der Waals surface area contributed by atoms with Gasteiger partial charge in [0, 0.05) is 17.6 Å². The SMILES string of the molecule is CC(=O)N(CC(=O)Nc1cccc(Cl)c1Cl)c1ccc(Cl)cc1C. The van der Waals surface area contributed by atoms with Crippen molar-refractivity contribution in [3.8, 4) is 0 Å². The lowest BCUT2D eigenvalue weighted by atomic mass is 10.1. The molecule has 0 heterocycles. The maximum atomic E-state index is 12.3. The van der Waals surface area contributed by atoms with Crippen LogP contribution in [0.5, 0.6) is 0 Å². The molecule has 0 fully saturated rings. The third-order valence-corrected chi connectivity index (χ3v) is 4.41. The number of halogens is 3. The van der Waals surface area contributed by atoms with E-state index in [1.54, 1.807) is 36.4 Å². The van der Waals surface area contributed by atoms with E-state index in [1.165, 1.54) is 11.8 Å². The maximum Gasteiger partial charge on any atom is 0.244 e. The molecule has 126 valence electrons. The molecule has 0 aliphatic rings. The third-order valence-electron chi connectivity index (χ3n) is 3.36. The van der Waals surface area contributed by atoms with Gasteiger partial charge in [-0.05, 0) is 42.8 Å². The van der Waals surface area contributed by atoms with Crippen molar-refractivity contribution in [2.75, 3.05) is 16.8 Å². The van der Waals surface area contributed by atoms with Crippen LogP contribution < -0.4 is 10.2 Å². The number of benzene rings is 2. The molecular formula is C17H15Cl3N2O2. The van der Waals surface area contributed by atoms with Gasteiger partial charge in [-0.15, -0.1) is 0 Å². The molecule has 0 aliphatic heterocycles. The number of hydrogen-bond donors (Lipinski definition) is 1. The Labute approximate surface area is 155 Å². The first-order chi connectivity index (χ1) is 11.3. The van der Waals surface area contributed by atoms with Gasteiger partial charge in [-0.3, -0.25) is 9.59 Å². The molecule has 0 unspecified atom stereocenters. The second kappa shape index (κ2) is 7.88. The van der Waals surface area contributed by atoms with Gasteiger partial charge in [-0.25, -0.2) is 0 Å². The fourth-order valence-corrected chi connectivity index (χ4v) is 2.80. The van der Waals surface area contributed by atoms with Crippen LogP contribution in [-0.4, -0.2) is 18.4 Å². The van der Waals surface area contributed by atoms with Crippen molar-refractivity contribution in [2.45, 2.75) is 13.8 Å². The van der Waals surface area contributed by atoms with Crippen LogP contribution in [0.1, 0.15) is 12.5 Å².